The third-order valence-corrected chi connectivity index (χ3v) is 12.9. The van der Waals surface area contributed by atoms with Gasteiger partial charge in [0, 0.05) is 60.5 Å². The highest BCUT2D eigenvalue weighted by Gasteiger charge is 2.39. The van der Waals surface area contributed by atoms with Crippen LogP contribution in [0.15, 0.2) is 94.7 Å². The summed E-state index contributed by atoms with van der Waals surface area (Å²) in [6.45, 7) is 4.09. The van der Waals surface area contributed by atoms with Gasteiger partial charge in [0.25, 0.3) is 0 Å². The van der Waals surface area contributed by atoms with E-state index in [1.807, 2.05) is 36.4 Å². The molecule has 0 saturated carbocycles. The van der Waals surface area contributed by atoms with Crippen molar-refractivity contribution in [1.29, 1.82) is 0 Å². The van der Waals surface area contributed by atoms with Crippen molar-refractivity contribution >= 4 is 21.2 Å². The molecule has 0 amide bonds. The zero-order valence-corrected chi connectivity index (χ0v) is 27.0. The smallest absolute Gasteiger partial charge is 0.207 e. The number of rotatable bonds is 4. The summed E-state index contributed by atoms with van der Waals surface area (Å²) < 4.78 is 29.4. The van der Waals surface area contributed by atoms with Crippen molar-refractivity contribution in [2.24, 2.45) is 0 Å². The van der Waals surface area contributed by atoms with Crippen LogP contribution in [0.1, 0.15) is 48.6 Å². The first-order chi connectivity index (χ1) is 21.9. The van der Waals surface area contributed by atoms with Gasteiger partial charge in [0.05, 0.1) is 9.79 Å². The van der Waals surface area contributed by atoms with Crippen molar-refractivity contribution in [2.45, 2.75) is 59.4 Å². The number of nitrogens with one attached hydrogen (secondary N) is 2. The van der Waals surface area contributed by atoms with Gasteiger partial charge in [0.1, 0.15) is 0 Å². The maximum absolute atomic E-state index is 14.7. The molecular formula is C38H42N4O2S. The lowest BCUT2D eigenvalue weighted by atomic mass is 9.89. The Hall–Kier alpha value is -3.65. The van der Waals surface area contributed by atoms with E-state index >= 15 is 0 Å². The normalized spacial score (nSPS) is 24.3. The summed E-state index contributed by atoms with van der Waals surface area (Å²) in [4.78, 5) is 5.58. The highest BCUT2D eigenvalue weighted by atomic mass is 32.2. The molecule has 45 heavy (non-hydrogen) atoms. The minimum Gasteiger partial charge on any atom is -0.371 e. The minimum atomic E-state index is -3.85. The Morgan fingerprint density at radius 3 is 1.47 bits per heavy atom. The number of anilines is 2. The summed E-state index contributed by atoms with van der Waals surface area (Å²) in [6.07, 6.45) is 4.41. The molecule has 4 aliphatic rings. The van der Waals surface area contributed by atoms with E-state index in [1.54, 1.807) is 12.1 Å². The molecule has 4 aromatic carbocycles. The number of benzene rings is 4. The van der Waals surface area contributed by atoms with Crippen LogP contribution in [0.25, 0.3) is 22.3 Å². The third-order valence-electron chi connectivity index (χ3n) is 11.0. The van der Waals surface area contributed by atoms with Crippen molar-refractivity contribution in [3.63, 3.8) is 0 Å². The van der Waals surface area contributed by atoms with E-state index in [2.05, 4.69) is 70.9 Å². The fourth-order valence-corrected chi connectivity index (χ4v) is 10.4. The van der Waals surface area contributed by atoms with Gasteiger partial charge in [-0.15, -0.1) is 0 Å². The number of hydrogen-bond donors (Lipinski definition) is 2. The Bertz CT molecular complexity index is 1740. The molecule has 0 aliphatic carbocycles. The van der Waals surface area contributed by atoms with E-state index in [0.717, 1.165) is 74.1 Å². The van der Waals surface area contributed by atoms with Gasteiger partial charge in [-0.1, -0.05) is 48.5 Å². The monoisotopic (exact) mass is 618 g/mol. The molecule has 4 atom stereocenters. The van der Waals surface area contributed by atoms with E-state index in [1.165, 1.54) is 22.5 Å². The number of sulfone groups is 1. The van der Waals surface area contributed by atoms with Crippen LogP contribution in [0, 0.1) is 0 Å². The first-order valence-corrected chi connectivity index (χ1v) is 18.0. The van der Waals surface area contributed by atoms with Crippen molar-refractivity contribution in [3.8, 4) is 22.3 Å². The standard InChI is InChI=1S/C38H42N4O2S/c1-41-33-13-11-25(23-31(33)29-15-19-39-21-17-35(29)41)27-7-3-5-9-37(27)45(43,44)38-10-6-4-8-28(38)26-12-14-34-32(24-26)30-16-20-40-22-18-36(30)42(34)2/h3-14,23-24,29-30,35-36,39-40H,15-22H2,1-2H3/t29-,30-,35-,36-/m0/s1. The predicted octanol–water partition coefficient (Wildman–Crippen LogP) is 6.42. The lowest BCUT2D eigenvalue weighted by molar-refractivity contribution is 0.531. The van der Waals surface area contributed by atoms with Gasteiger partial charge in [-0.2, -0.15) is 0 Å². The molecule has 232 valence electrons. The van der Waals surface area contributed by atoms with Gasteiger partial charge < -0.3 is 20.4 Å². The van der Waals surface area contributed by atoms with Crippen molar-refractivity contribution in [1.82, 2.24) is 10.6 Å². The molecule has 0 bridgehead atoms. The second kappa shape index (κ2) is 11.3. The third kappa shape index (κ3) is 4.70. The van der Waals surface area contributed by atoms with Gasteiger partial charge in [-0.3, -0.25) is 0 Å². The summed E-state index contributed by atoms with van der Waals surface area (Å²) in [6, 6.07) is 29.2. The topological polar surface area (TPSA) is 64.7 Å². The van der Waals surface area contributed by atoms with Crippen LogP contribution >= 0.6 is 0 Å². The van der Waals surface area contributed by atoms with Crippen LogP contribution in [0.5, 0.6) is 0 Å². The quantitative estimate of drug-likeness (QED) is 0.275. The maximum atomic E-state index is 14.7. The molecule has 0 radical (unpaired) electrons. The first kappa shape index (κ1) is 28.8. The fraction of sp³-hybridized carbons (Fsp3) is 0.368. The minimum absolute atomic E-state index is 0.360. The lowest BCUT2D eigenvalue weighted by Crippen LogP contribution is -2.30. The number of hydrogen-bond acceptors (Lipinski definition) is 6. The second-order valence-corrected chi connectivity index (χ2v) is 15.2. The Balaban J connectivity index is 1.20. The van der Waals surface area contributed by atoms with Crippen molar-refractivity contribution in [3.05, 3.63) is 96.1 Å². The zero-order valence-electron chi connectivity index (χ0n) is 26.2. The van der Waals surface area contributed by atoms with E-state index in [4.69, 9.17) is 0 Å². The molecule has 2 saturated heterocycles. The Kier molecular flexibility index (Phi) is 7.23. The van der Waals surface area contributed by atoms with Crippen LogP contribution in [0.3, 0.4) is 0 Å². The molecule has 6 nitrogen and oxygen atoms in total. The van der Waals surface area contributed by atoms with E-state index in [0.29, 0.717) is 33.7 Å². The molecule has 2 fully saturated rings. The molecule has 0 aromatic heterocycles. The fourth-order valence-electron chi connectivity index (χ4n) is 8.74. The number of fused-ring (bicyclic) bond motifs is 6. The summed E-state index contributed by atoms with van der Waals surface area (Å²) in [7, 11) is 0.559. The first-order valence-electron chi connectivity index (χ1n) is 16.5. The van der Waals surface area contributed by atoms with Gasteiger partial charge in [0.2, 0.25) is 9.84 Å². The van der Waals surface area contributed by atoms with Gasteiger partial charge in [0.15, 0.2) is 0 Å². The Morgan fingerprint density at radius 2 is 1.00 bits per heavy atom. The lowest BCUT2D eigenvalue weighted by Gasteiger charge is -2.24. The summed E-state index contributed by atoms with van der Waals surface area (Å²) in [5.74, 6) is 0.902. The van der Waals surface area contributed by atoms with Crippen LogP contribution in [0.4, 0.5) is 11.4 Å². The zero-order chi connectivity index (χ0) is 30.7. The summed E-state index contributed by atoms with van der Waals surface area (Å²) in [5, 5.41) is 7.12. The van der Waals surface area contributed by atoms with Crippen LogP contribution in [-0.2, 0) is 9.84 Å². The Morgan fingerprint density at radius 1 is 0.578 bits per heavy atom. The van der Waals surface area contributed by atoms with Gasteiger partial charge in [-0.05, 0) is 111 Å². The molecule has 8 rings (SSSR count). The van der Waals surface area contributed by atoms with Crippen molar-refractivity contribution in [2.75, 3.05) is 50.1 Å². The van der Waals surface area contributed by atoms with Crippen LogP contribution in [-0.4, -0.2) is 60.8 Å². The van der Waals surface area contributed by atoms with Crippen LogP contribution < -0.4 is 20.4 Å². The molecular weight excluding hydrogens is 577 g/mol. The Labute approximate surface area is 267 Å². The molecule has 7 heteroatoms. The van der Waals surface area contributed by atoms with E-state index in [-0.39, 0.29) is 0 Å². The summed E-state index contributed by atoms with van der Waals surface area (Å²) in [5.41, 5.74) is 8.67. The van der Waals surface area contributed by atoms with E-state index < -0.39 is 9.84 Å². The van der Waals surface area contributed by atoms with E-state index in [9.17, 15) is 8.42 Å². The highest BCUT2D eigenvalue weighted by molar-refractivity contribution is 7.91. The average Bonchev–Trinajstić information content (AvgIpc) is 3.29. The molecule has 4 aliphatic heterocycles. The van der Waals surface area contributed by atoms with Gasteiger partial charge >= 0.3 is 0 Å². The average molecular weight is 619 g/mol. The summed E-state index contributed by atoms with van der Waals surface area (Å²) >= 11 is 0. The second-order valence-electron chi connectivity index (χ2n) is 13.3. The molecule has 4 heterocycles. The molecule has 4 aromatic rings. The van der Waals surface area contributed by atoms with Gasteiger partial charge in [-0.25, -0.2) is 8.42 Å². The molecule has 0 unspecified atom stereocenters. The number of nitrogens with zero attached hydrogens (tertiary/aromatic N) is 2. The highest BCUT2D eigenvalue weighted by Crippen LogP contribution is 2.48. The predicted molar refractivity (Wildman–Crippen MR) is 183 cm³/mol. The van der Waals surface area contributed by atoms with Crippen molar-refractivity contribution < 1.29 is 8.42 Å². The molecule has 0 spiro atoms. The maximum Gasteiger partial charge on any atom is 0.207 e. The molecule has 2 N–H and O–H groups in total. The SMILES string of the molecule is CN1c2ccc(-c3ccccc3S(=O)(=O)c3ccccc3-c3ccc4c(c3)[C@@H]3CCNCC[C@@H]3N4C)cc2[C@@H]2CCNCC[C@@H]21. The largest absolute Gasteiger partial charge is 0.371 e. The van der Waals surface area contributed by atoms with Crippen LogP contribution in [0.2, 0.25) is 0 Å². The number of likely N-dealkylation sites (N-methyl/N-ethyl adjacent to an activating group) is 2.